The van der Waals surface area contributed by atoms with Crippen LogP contribution in [0.25, 0.3) is 10.9 Å². The monoisotopic (exact) mass is 349 g/mol. The summed E-state index contributed by atoms with van der Waals surface area (Å²) in [5, 5.41) is 12.5. The van der Waals surface area contributed by atoms with Gasteiger partial charge in [-0.25, -0.2) is 0 Å². The number of hydrogen-bond acceptors (Lipinski definition) is 1. The molecule has 3 rings (SSSR count). The number of aromatic nitrogens is 1. The molecule has 1 aromatic heterocycles. The van der Waals surface area contributed by atoms with Gasteiger partial charge in [0.15, 0.2) is 0 Å². The number of rotatable bonds is 8. The first-order valence-electron chi connectivity index (χ1n) is 9.93. The van der Waals surface area contributed by atoms with E-state index in [0.717, 1.165) is 30.5 Å². The zero-order valence-electron chi connectivity index (χ0n) is 16.2. The van der Waals surface area contributed by atoms with Gasteiger partial charge in [-0.2, -0.15) is 0 Å². The van der Waals surface area contributed by atoms with E-state index in [-0.39, 0.29) is 5.92 Å². The van der Waals surface area contributed by atoms with Gasteiger partial charge in [-0.3, -0.25) is 0 Å². The molecule has 0 radical (unpaired) electrons. The number of aliphatic hydroxyl groups is 1. The number of aromatic amines is 1. The van der Waals surface area contributed by atoms with Crippen LogP contribution >= 0.6 is 0 Å². The summed E-state index contributed by atoms with van der Waals surface area (Å²) in [7, 11) is 0. The minimum Gasteiger partial charge on any atom is -0.387 e. The van der Waals surface area contributed by atoms with Crippen LogP contribution in [0.3, 0.4) is 0 Å². The molecule has 0 aliphatic heterocycles. The lowest BCUT2D eigenvalue weighted by atomic mass is 9.73. The van der Waals surface area contributed by atoms with E-state index >= 15 is 0 Å². The highest BCUT2D eigenvalue weighted by molar-refractivity contribution is 5.80. The molecular formula is C24H31NO. The Bertz CT molecular complexity index is 774. The molecule has 0 saturated carbocycles. The van der Waals surface area contributed by atoms with Gasteiger partial charge in [0.05, 0.1) is 6.10 Å². The smallest absolute Gasteiger partial charge is 0.0971 e. The molecule has 0 aliphatic carbocycles. The third kappa shape index (κ3) is 4.02. The van der Waals surface area contributed by atoms with Crippen molar-refractivity contribution in [3.05, 3.63) is 71.9 Å². The maximum atomic E-state index is 11.3. The molecule has 0 fully saturated rings. The Hall–Kier alpha value is -2.06. The summed E-state index contributed by atoms with van der Waals surface area (Å²) in [6.07, 6.45) is 2.70. The number of hydrogen-bond donors (Lipinski definition) is 2. The van der Waals surface area contributed by atoms with Crippen LogP contribution < -0.4 is 0 Å². The lowest BCUT2D eigenvalue weighted by Crippen LogP contribution is -2.29. The van der Waals surface area contributed by atoms with Gasteiger partial charge in [0.1, 0.15) is 0 Å². The standard InChI is InChI=1S/C24H31NO/c1-4-17(3)23(19(5-2)15-18-11-7-6-8-12-18)24(26)22-16-20-13-9-10-14-21(20)25-22/h6-14,16-17,19,23-26H,4-5,15H2,1-3H3. The maximum absolute atomic E-state index is 11.3. The normalized spacial score (nSPS) is 16.3. The fraction of sp³-hybridized carbons (Fsp3) is 0.417. The van der Waals surface area contributed by atoms with E-state index in [1.807, 2.05) is 12.1 Å². The van der Waals surface area contributed by atoms with Gasteiger partial charge in [-0.1, -0.05) is 82.1 Å². The van der Waals surface area contributed by atoms with Crippen molar-refractivity contribution in [2.24, 2.45) is 17.8 Å². The molecule has 26 heavy (non-hydrogen) atoms. The van der Waals surface area contributed by atoms with Crippen LogP contribution in [0.4, 0.5) is 0 Å². The number of aliphatic hydroxyl groups excluding tert-OH is 1. The molecule has 2 N–H and O–H groups in total. The fourth-order valence-electron chi connectivity index (χ4n) is 4.24. The average molecular weight is 350 g/mol. The Kier molecular flexibility index (Phi) is 6.16. The molecule has 0 bridgehead atoms. The highest BCUT2D eigenvalue weighted by atomic mass is 16.3. The second-order valence-corrected chi connectivity index (χ2v) is 7.58. The summed E-state index contributed by atoms with van der Waals surface area (Å²) in [4.78, 5) is 3.45. The van der Waals surface area contributed by atoms with Crippen molar-refractivity contribution >= 4 is 10.9 Å². The topological polar surface area (TPSA) is 36.0 Å². The minimum atomic E-state index is -0.467. The van der Waals surface area contributed by atoms with Crippen LogP contribution in [-0.2, 0) is 6.42 Å². The SMILES string of the molecule is CCC(C)C(C(CC)Cc1ccccc1)C(O)c1cc2ccccc2[nH]1. The Morgan fingerprint density at radius 3 is 2.27 bits per heavy atom. The molecular weight excluding hydrogens is 318 g/mol. The molecule has 0 spiro atoms. The first kappa shape index (κ1) is 18.7. The summed E-state index contributed by atoms with van der Waals surface area (Å²) >= 11 is 0. The number of H-pyrrole nitrogens is 1. The molecule has 0 saturated heterocycles. The quantitative estimate of drug-likeness (QED) is 0.504. The summed E-state index contributed by atoms with van der Waals surface area (Å²) < 4.78 is 0. The van der Waals surface area contributed by atoms with E-state index in [4.69, 9.17) is 0 Å². The van der Waals surface area contributed by atoms with E-state index < -0.39 is 6.10 Å². The van der Waals surface area contributed by atoms with Crippen LogP contribution in [0.1, 0.15) is 51.0 Å². The van der Waals surface area contributed by atoms with E-state index in [2.05, 4.69) is 74.3 Å². The van der Waals surface area contributed by atoms with Crippen molar-refractivity contribution in [2.45, 2.75) is 46.1 Å². The van der Waals surface area contributed by atoms with Gasteiger partial charge in [0, 0.05) is 11.2 Å². The van der Waals surface area contributed by atoms with Crippen molar-refractivity contribution in [2.75, 3.05) is 0 Å². The van der Waals surface area contributed by atoms with Crippen LogP contribution in [0.5, 0.6) is 0 Å². The summed E-state index contributed by atoms with van der Waals surface area (Å²) in [6, 6.07) is 21.0. The zero-order valence-corrected chi connectivity index (χ0v) is 16.2. The highest BCUT2D eigenvalue weighted by Crippen LogP contribution is 2.39. The van der Waals surface area contributed by atoms with Gasteiger partial charge in [0.2, 0.25) is 0 Å². The third-order valence-corrected chi connectivity index (χ3v) is 5.94. The second-order valence-electron chi connectivity index (χ2n) is 7.58. The Labute approximate surface area is 157 Å². The summed E-state index contributed by atoms with van der Waals surface area (Å²) in [5.41, 5.74) is 3.40. The van der Waals surface area contributed by atoms with Gasteiger partial charge in [0.25, 0.3) is 0 Å². The number of benzene rings is 2. The van der Waals surface area contributed by atoms with Crippen molar-refractivity contribution in [3.63, 3.8) is 0 Å². The third-order valence-electron chi connectivity index (χ3n) is 5.94. The number of nitrogens with one attached hydrogen (secondary N) is 1. The molecule has 4 unspecified atom stereocenters. The Morgan fingerprint density at radius 1 is 0.923 bits per heavy atom. The maximum Gasteiger partial charge on any atom is 0.0971 e. The highest BCUT2D eigenvalue weighted by Gasteiger charge is 2.33. The van der Waals surface area contributed by atoms with Crippen molar-refractivity contribution in [3.8, 4) is 0 Å². The van der Waals surface area contributed by atoms with E-state index in [1.165, 1.54) is 10.9 Å². The molecule has 0 amide bonds. The second kappa shape index (κ2) is 8.55. The molecule has 2 aromatic carbocycles. The van der Waals surface area contributed by atoms with Crippen LogP contribution in [0, 0.1) is 17.8 Å². The summed E-state index contributed by atoms with van der Waals surface area (Å²) in [6.45, 7) is 6.76. The van der Waals surface area contributed by atoms with Crippen molar-refractivity contribution in [1.29, 1.82) is 0 Å². The Balaban J connectivity index is 1.90. The number of para-hydroxylation sites is 1. The van der Waals surface area contributed by atoms with Gasteiger partial charge in [-0.15, -0.1) is 0 Å². The predicted octanol–water partition coefficient (Wildman–Crippen LogP) is 6.13. The van der Waals surface area contributed by atoms with Crippen LogP contribution in [0.2, 0.25) is 0 Å². The first-order chi connectivity index (χ1) is 12.6. The largest absolute Gasteiger partial charge is 0.387 e. The molecule has 2 nitrogen and oxygen atoms in total. The lowest BCUT2D eigenvalue weighted by molar-refractivity contribution is 0.0317. The molecule has 138 valence electrons. The van der Waals surface area contributed by atoms with E-state index in [9.17, 15) is 5.11 Å². The number of fused-ring (bicyclic) bond motifs is 1. The Morgan fingerprint density at radius 2 is 1.62 bits per heavy atom. The van der Waals surface area contributed by atoms with Gasteiger partial charge < -0.3 is 10.1 Å². The van der Waals surface area contributed by atoms with Crippen LogP contribution in [0.15, 0.2) is 60.7 Å². The average Bonchev–Trinajstić information content (AvgIpc) is 3.12. The van der Waals surface area contributed by atoms with E-state index in [0.29, 0.717) is 11.8 Å². The van der Waals surface area contributed by atoms with Crippen LogP contribution in [-0.4, -0.2) is 10.1 Å². The van der Waals surface area contributed by atoms with Gasteiger partial charge in [-0.05, 0) is 47.3 Å². The van der Waals surface area contributed by atoms with E-state index in [1.54, 1.807) is 0 Å². The molecule has 0 aliphatic rings. The lowest BCUT2D eigenvalue weighted by Gasteiger charge is -2.34. The van der Waals surface area contributed by atoms with Gasteiger partial charge >= 0.3 is 0 Å². The van der Waals surface area contributed by atoms with Crippen molar-refractivity contribution in [1.82, 2.24) is 4.98 Å². The first-order valence-corrected chi connectivity index (χ1v) is 9.93. The minimum absolute atomic E-state index is 0.235. The molecule has 3 aromatic rings. The zero-order chi connectivity index (χ0) is 18.5. The summed E-state index contributed by atoms with van der Waals surface area (Å²) in [5.74, 6) is 1.15. The predicted molar refractivity (Wildman–Crippen MR) is 110 cm³/mol. The molecule has 1 heterocycles. The molecule has 4 atom stereocenters. The fourth-order valence-corrected chi connectivity index (χ4v) is 4.24. The molecule has 2 heteroatoms. The van der Waals surface area contributed by atoms with Crippen molar-refractivity contribution < 1.29 is 5.11 Å².